The van der Waals surface area contributed by atoms with Gasteiger partial charge in [0.2, 0.25) is 0 Å². The second kappa shape index (κ2) is 35.8. The molecule has 44 heteroatoms. The average Bonchev–Trinajstić information content (AvgIpc) is 1.62. The van der Waals surface area contributed by atoms with Crippen molar-refractivity contribution < 1.29 is 113 Å². The summed E-state index contributed by atoms with van der Waals surface area (Å²) in [6.45, 7) is -6.56. The number of unbranched alkanes of at least 4 members (excludes halogenated alkanes) is 14. The number of rotatable bonds is 43. The van der Waals surface area contributed by atoms with Crippen LogP contribution in [0.1, 0.15) is 128 Å². The molecular formula is C54H85N15O24P4S. The monoisotopic (exact) mass is 1480 g/mol. The molecule has 3 aliphatic rings. The molecule has 0 aromatic carbocycles. The molecule has 3 saturated heterocycles. The summed E-state index contributed by atoms with van der Waals surface area (Å²) in [5, 5.41) is 21.1. The lowest BCUT2D eigenvalue weighted by Crippen LogP contribution is -2.38. The van der Waals surface area contributed by atoms with E-state index in [9.17, 15) is 47.7 Å². The van der Waals surface area contributed by atoms with Crippen LogP contribution in [0.25, 0.3) is 33.5 Å². The predicted octanol–water partition coefficient (Wildman–Crippen LogP) is 5.49. The molecule has 7 unspecified atom stereocenters. The lowest BCUT2D eigenvalue weighted by Gasteiger charge is -2.26. The van der Waals surface area contributed by atoms with Gasteiger partial charge in [-0.25, -0.2) is 63.1 Å². The highest BCUT2D eigenvalue weighted by Crippen LogP contribution is 2.60. The van der Waals surface area contributed by atoms with Crippen LogP contribution in [0.4, 0.5) is 17.5 Å². The molecule has 9 rings (SSSR count). The minimum absolute atomic E-state index is 0.0222. The summed E-state index contributed by atoms with van der Waals surface area (Å²) in [5.74, 6) is -0.772. The third-order valence-electron chi connectivity index (χ3n) is 16.3. The van der Waals surface area contributed by atoms with E-state index >= 15 is 0 Å². The number of aliphatic hydroxyl groups excluding tert-OH is 2. The molecule has 3 aliphatic heterocycles. The van der Waals surface area contributed by atoms with Gasteiger partial charge in [-0.05, 0) is 17.8 Å². The van der Waals surface area contributed by atoms with E-state index in [1.54, 1.807) is 0 Å². The van der Waals surface area contributed by atoms with Gasteiger partial charge in [0.1, 0.15) is 97.1 Å². The van der Waals surface area contributed by atoms with Crippen LogP contribution in [0.2, 0.25) is 0 Å². The molecule has 0 aliphatic carbocycles. The fraction of sp³-hybridized carbons (Fsp3) is 0.704. The number of methoxy groups -OCH3 is 2. The molecule has 0 amide bonds. The number of aliphatic hydroxyl groups is 2. The van der Waals surface area contributed by atoms with Crippen LogP contribution >= 0.6 is 41.6 Å². The molecule has 546 valence electrons. The van der Waals surface area contributed by atoms with Gasteiger partial charge in [0.15, 0.2) is 53.1 Å². The van der Waals surface area contributed by atoms with Crippen molar-refractivity contribution >= 4 is 98.6 Å². The summed E-state index contributed by atoms with van der Waals surface area (Å²) in [6, 6.07) is 0. The molecule has 6 aromatic heterocycles. The van der Waals surface area contributed by atoms with Crippen LogP contribution in [0.3, 0.4) is 0 Å². The molecule has 0 saturated carbocycles. The number of fused-ring (bicyclic) bond motifs is 3. The number of carbonyl (C=O) groups is 1. The van der Waals surface area contributed by atoms with Crippen molar-refractivity contribution in [1.29, 1.82) is 0 Å². The Morgan fingerprint density at radius 2 is 0.898 bits per heavy atom. The van der Waals surface area contributed by atoms with E-state index in [-0.39, 0.29) is 69.7 Å². The van der Waals surface area contributed by atoms with Crippen molar-refractivity contribution in [2.24, 2.45) is 0 Å². The summed E-state index contributed by atoms with van der Waals surface area (Å²) >= 11 is 0.472. The predicted molar refractivity (Wildman–Crippen MR) is 346 cm³/mol. The maximum atomic E-state index is 14.3. The normalized spacial score (nSPS) is 26.1. The van der Waals surface area contributed by atoms with E-state index in [2.05, 4.69) is 51.8 Å². The summed E-state index contributed by atoms with van der Waals surface area (Å²) in [7, 11) is -13.4. The lowest BCUT2D eigenvalue weighted by molar-refractivity contribution is -0.143. The number of hydrogen-bond donors (Lipinski definition) is 9. The van der Waals surface area contributed by atoms with Gasteiger partial charge in [-0.1, -0.05) is 96.8 Å². The number of carbonyl (C=O) groups excluding carboxylic acids is 1. The molecule has 12 N–H and O–H groups in total. The van der Waals surface area contributed by atoms with Crippen molar-refractivity contribution in [2.45, 2.75) is 183 Å². The van der Waals surface area contributed by atoms with Crippen LogP contribution < -0.4 is 17.2 Å². The molecule has 9 heterocycles. The molecule has 16 atom stereocenters. The van der Waals surface area contributed by atoms with Crippen LogP contribution in [0.15, 0.2) is 38.0 Å². The van der Waals surface area contributed by atoms with E-state index < -0.39 is 143 Å². The van der Waals surface area contributed by atoms with Crippen molar-refractivity contribution in [3.05, 3.63) is 38.0 Å². The van der Waals surface area contributed by atoms with Crippen molar-refractivity contribution in [1.82, 2.24) is 58.6 Å². The first-order valence-corrected chi connectivity index (χ1v) is 39.5. The zero-order valence-electron chi connectivity index (χ0n) is 54.0. The number of anilines is 3. The second-order valence-electron chi connectivity index (χ2n) is 23.1. The van der Waals surface area contributed by atoms with E-state index in [1.165, 1.54) is 93.1 Å². The topological polar surface area (TPSA) is 536 Å². The lowest BCUT2D eigenvalue weighted by atomic mass is 10.0. The Bertz CT molecular complexity index is 3760. The Morgan fingerprint density at radius 3 is 1.34 bits per heavy atom. The third kappa shape index (κ3) is 20.2. The number of imidazole rings is 3. The van der Waals surface area contributed by atoms with Crippen molar-refractivity contribution in [3.63, 3.8) is 0 Å². The minimum Gasteiger partial charge on any atom is -0.465 e. The molecule has 3 fully saturated rings. The number of phosphoric ester groups is 3. The highest BCUT2D eigenvalue weighted by molar-refractivity contribution is 8.54. The molecule has 0 radical (unpaired) electrons. The van der Waals surface area contributed by atoms with Gasteiger partial charge in [-0.2, -0.15) is 0 Å². The number of phosphoric acid groups is 3. The molecule has 0 spiro atoms. The average molecular weight is 1480 g/mol. The highest BCUT2D eigenvalue weighted by atomic mass is 32.7. The Morgan fingerprint density at radius 1 is 0.510 bits per heavy atom. The van der Waals surface area contributed by atoms with Gasteiger partial charge in [0.25, 0.3) is 0 Å². The van der Waals surface area contributed by atoms with E-state index in [1.807, 2.05) is 0 Å². The number of esters is 1. The standard InChI is InChI=1S/C54H85N15O24P4S/c1-4-5-6-7-8-9-10-11-12-13-14-15-16-17-18-19-36(71)83-22-23-98-97(79,80)93-45-42(82-3)35(90-54(45)69-32-66-39-48(57)60-29-63-51(39)69)26-87-95(75,76)91-43-40(72)33(88-52(43)67-30-64-37-46(55)58-27-61-49(37)67)24-86-96(77,78)92-44-41(81-2)34(25-85-94(73,74)84-21-20-70)89-53(44)68-31-65-38-47(56)59-28-62-50(38)68/h27-35,40-45,52-54,70,72H,4-26H2,1-3H3,(H,73,74)(H,75,76)(H,77,78)(H,79,80)(H2,55,58,61)(H2,56,59,62)(H2,57,60,63)/t33-,34-,35-,40+,41+,42+,43?,44?,45?,52-,53-,54-/m1/s1. The first-order chi connectivity index (χ1) is 47.0. The maximum Gasteiger partial charge on any atom is 0.472 e. The number of hydrogen-bond acceptors (Lipinski definition) is 33. The summed E-state index contributed by atoms with van der Waals surface area (Å²) in [5.41, 5.74) is 18.5. The van der Waals surface area contributed by atoms with Gasteiger partial charge in [0.05, 0.1) is 52.0 Å². The number of nitrogens with two attached hydrogens (primary N) is 3. The highest BCUT2D eigenvalue weighted by Gasteiger charge is 2.55. The molecule has 98 heavy (non-hydrogen) atoms. The summed E-state index contributed by atoms with van der Waals surface area (Å²) < 4.78 is 132. The first-order valence-electron chi connectivity index (χ1n) is 31.8. The van der Waals surface area contributed by atoms with E-state index in [0.29, 0.717) is 17.8 Å². The number of ether oxygens (including phenoxy) is 6. The number of aromatic nitrogens is 12. The van der Waals surface area contributed by atoms with Crippen molar-refractivity contribution in [2.75, 3.05) is 76.8 Å². The molecule has 6 aromatic rings. The zero-order valence-corrected chi connectivity index (χ0v) is 58.4. The fourth-order valence-corrected chi connectivity index (χ4v) is 16.5. The minimum atomic E-state index is -5.50. The quantitative estimate of drug-likeness (QED) is 0.0130. The van der Waals surface area contributed by atoms with Crippen LogP contribution in [0, 0.1) is 0 Å². The smallest absolute Gasteiger partial charge is 0.465 e. The van der Waals surface area contributed by atoms with E-state index in [4.69, 9.17) is 82.4 Å². The fourth-order valence-electron chi connectivity index (χ4n) is 11.6. The van der Waals surface area contributed by atoms with Gasteiger partial charge < -0.3 is 75.4 Å². The second-order valence-corrected chi connectivity index (χ2v) is 31.4. The van der Waals surface area contributed by atoms with Gasteiger partial charge in [-0.15, -0.1) is 0 Å². The van der Waals surface area contributed by atoms with E-state index in [0.717, 1.165) is 62.7 Å². The van der Waals surface area contributed by atoms with Crippen molar-refractivity contribution in [3.8, 4) is 0 Å². The Hall–Kier alpha value is -4.93. The number of nitrogens with zero attached hydrogens (tertiary/aromatic N) is 12. The Kier molecular flexibility index (Phi) is 28.2. The molecule has 39 nitrogen and oxygen atoms in total. The first kappa shape index (κ1) is 77.2. The SMILES string of the molecule is CCCCCCCCCCCCCCCCCC(=O)OCCSP(=O)(O)OC1[C@@H](OC)[C@@H](COP(=O)(O)OC2[C@@H](O)[C@@H](COP(=O)(O)OC3[C@@H](OC)[C@@H](COP(=O)(O)OCCO)O[C@H]3n3cnc4c(N)ncnc43)O[C@H]2n2cnc3c(N)ncnc32)O[C@H]1n1cnc2c(N)ncnc21. The third-order valence-corrected chi connectivity index (χ3v) is 22.2. The summed E-state index contributed by atoms with van der Waals surface area (Å²) in [6.07, 6.45) is 5.55. The molecule has 0 bridgehead atoms. The van der Waals surface area contributed by atoms with Gasteiger partial charge in [-0.3, -0.25) is 50.2 Å². The van der Waals surface area contributed by atoms with Crippen LogP contribution in [-0.4, -0.2) is 209 Å². The number of nitrogen functional groups attached to an aromatic ring is 3. The Balaban J connectivity index is 0.837. The summed E-state index contributed by atoms with van der Waals surface area (Å²) in [4.78, 5) is 94.5. The van der Waals surface area contributed by atoms with Crippen LogP contribution in [-0.2, 0) is 83.1 Å². The van der Waals surface area contributed by atoms with Crippen LogP contribution in [0.5, 0.6) is 0 Å². The molecular weight excluding hydrogens is 1400 g/mol. The maximum absolute atomic E-state index is 14.3. The zero-order chi connectivity index (χ0) is 70.2. The van der Waals surface area contributed by atoms with Gasteiger partial charge >= 0.3 is 36.2 Å². The Labute approximate surface area is 565 Å². The largest absolute Gasteiger partial charge is 0.472 e. The van der Waals surface area contributed by atoms with Gasteiger partial charge in [0, 0.05) is 26.4 Å².